The summed E-state index contributed by atoms with van der Waals surface area (Å²) in [6.07, 6.45) is 3.05. The normalized spacial score (nSPS) is 18.4. The first-order valence-corrected chi connectivity index (χ1v) is 17.4. The molecule has 2 aliphatic heterocycles. The molecule has 21 heteroatoms. The van der Waals surface area contributed by atoms with Crippen LogP contribution in [0.15, 0.2) is 39.1 Å². The molecule has 1 saturated heterocycles. The summed E-state index contributed by atoms with van der Waals surface area (Å²) < 4.78 is 0.0159. The summed E-state index contributed by atoms with van der Waals surface area (Å²) in [6, 6.07) is -0.267. The second-order valence-corrected chi connectivity index (χ2v) is 14.5. The Morgan fingerprint density at radius 1 is 1.28 bits per heavy atom. The molecule has 2 aromatic heterocycles. The second kappa shape index (κ2) is 15.8. The summed E-state index contributed by atoms with van der Waals surface area (Å²) in [5.74, 6) is -3.12. The van der Waals surface area contributed by atoms with Gasteiger partial charge in [0.2, 0.25) is 5.91 Å². The minimum atomic E-state index is -1.31. The van der Waals surface area contributed by atoms with Crippen LogP contribution in [0.1, 0.15) is 24.1 Å². The maximum atomic E-state index is 13.1. The number of anilines is 1. The first-order chi connectivity index (χ1) is 21.9. The molecular weight excluding hydrogens is 704 g/mol. The number of nitrogen functional groups attached to an aromatic ring is 1. The second-order valence-electron chi connectivity index (χ2n) is 9.53. The summed E-state index contributed by atoms with van der Waals surface area (Å²) in [7, 11) is 0. The molecule has 0 unspecified atom stereocenters. The van der Waals surface area contributed by atoms with Crippen LogP contribution in [0, 0.1) is 0 Å². The highest BCUT2D eigenvalue weighted by molar-refractivity contribution is 8.06. The number of nitrogens with two attached hydrogens (primary N) is 2. The van der Waals surface area contributed by atoms with Crippen molar-refractivity contribution in [2.24, 2.45) is 10.9 Å². The van der Waals surface area contributed by atoms with Crippen LogP contribution < -0.4 is 22.1 Å². The average Bonchev–Trinajstić information content (AvgIpc) is 3.35. The number of thioether (sulfide) groups is 3. The number of nitrogens with zero attached hydrogens (tertiary/aromatic N) is 4. The molecule has 3 atom stereocenters. The third-order valence-corrected chi connectivity index (χ3v) is 11.2. The fraction of sp³-hybridized carbons (Fsp3) is 0.360. The number of nitrogens with one attached hydrogen (secondary N) is 2. The Morgan fingerprint density at radius 2 is 2.04 bits per heavy atom. The van der Waals surface area contributed by atoms with E-state index in [1.807, 2.05) is 0 Å². The number of fused-ring (bicyclic) bond motifs is 1. The van der Waals surface area contributed by atoms with Gasteiger partial charge in [0.1, 0.15) is 27.1 Å². The number of thiazole rings is 1. The number of carbonyl (C=O) groups is 5. The van der Waals surface area contributed by atoms with E-state index in [1.54, 1.807) is 18.5 Å². The van der Waals surface area contributed by atoms with Crippen molar-refractivity contribution in [3.05, 3.63) is 44.7 Å². The van der Waals surface area contributed by atoms with Gasteiger partial charge in [-0.3, -0.25) is 29.1 Å². The maximum absolute atomic E-state index is 13.1. The monoisotopic (exact) mass is 730 g/mol. The Kier molecular flexibility index (Phi) is 12.1. The minimum Gasteiger partial charge on any atom is -0.481 e. The summed E-state index contributed by atoms with van der Waals surface area (Å²) in [5, 5.41) is 35.7. The molecule has 4 rings (SSSR count). The van der Waals surface area contributed by atoms with Gasteiger partial charge in [0.25, 0.3) is 11.8 Å². The Morgan fingerprint density at radius 3 is 2.70 bits per heavy atom. The fourth-order valence-corrected chi connectivity index (χ4v) is 8.69. The average molecular weight is 731 g/mol. The van der Waals surface area contributed by atoms with Gasteiger partial charge in [0.15, 0.2) is 10.8 Å². The Bertz CT molecular complexity index is 1610. The minimum absolute atomic E-state index is 0.0159. The number of carboxylic acid groups (broad SMARTS) is 2. The maximum Gasteiger partial charge on any atom is 0.353 e. The molecule has 16 nitrogen and oxygen atoms in total. The van der Waals surface area contributed by atoms with Crippen LogP contribution in [-0.4, -0.2) is 101 Å². The van der Waals surface area contributed by atoms with Crippen LogP contribution in [0.3, 0.4) is 0 Å². The lowest BCUT2D eigenvalue weighted by atomic mass is 10.0. The van der Waals surface area contributed by atoms with Crippen LogP contribution in [0.25, 0.3) is 0 Å². The number of hydrogen-bond donors (Lipinski definition) is 7. The zero-order valence-electron chi connectivity index (χ0n) is 23.5. The third-order valence-electron chi connectivity index (χ3n) is 6.47. The van der Waals surface area contributed by atoms with Gasteiger partial charge in [-0.15, -0.1) is 11.8 Å². The molecule has 0 bridgehead atoms. The first-order valence-electron chi connectivity index (χ1n) is 13.2. The lowest BCUT2D eigenvalue weighted by Crippen LogP contribution is -2.71. The number of β-lactam (4-membered cyclic amide) rings is 1. The number of halogens is 1. The fourth-order valence-electron chi connectivity index (χ4n) is 4.27. The number of carboxylic acids is 2. The van der Waals surface area contributed by atoms with Gasteiger partial charge >= 0.3 is 11.9 Å². The quantitative estimate of drug-likeness (QED) is 0.0443. The van der Waals surface area contributed by atoms with Crippen LogP contribution in [0.5, 0.6) is 0 Å². The van der Waals surface area contributed by atoms with Crippen molar-refractivity contribution in [1.29, 1.82) is 0 Å². The summed E-state index contributed by atoms with van der Waals surface area (Å²) in [6.45, 7) is 0.310. The summed E-state index contributed by atoms with van der Waals surface area (Å²) >= 11 is 10.8. The van der Waals surface area contributed by atoms with Crippen LogP contribution in [0.4, 0.5) is 5.13 Å². The zero-order valence-corrected chi connectivity index (χ0v) is 27.6. The molecule has 1 fully saturated rings. The number of amides is 3. The topological polar surface area (TPSA) is 264 Å². The van der Waals surface area contributed by atoms with Crippen LogP contribution in [0.2, 0.25) is 4.34 Å². The highest BCUT2D eigenvalue weighted by atomic mass is 35.5. The van der Waals surface area contributed by atoms with E-state index in [0.717, 1.165) is 26.7 Å². The molecule has 0 spiro atoms. The standard InChI is InChI=1S/C25H27ClN8O8S4/c26-19-15(32-25(28)46-19)16(33-42)21(38)31-17-22(39)34-18(24(40)41)13(9-44-23(17)34)45-12-3-4-29-7-10(12)8-43-6-5-30-20(37)11(27)1-2-14(35)36/h3-4,7,11,17,23,42H,1-2,5-6,8-9,27H2,(H2,28,32)(H,30,37)(H,31,38)(H,35,36)(H,40,41)/b33-16-/t11-,17+,23+/m0/s1. The van der Waals surface area contributed by atoms with Gasteiger partial charge < -0.3 is 37.5 Å². The van der Waals surface area contributed by atoms with E-state index in [9.17, 15) is 34.3 Å². The van der Waals surface area contributed by atoms with Crippen LogP contribution >= 0.6 is 58.2 Å². The van der Waals surface area contributed by atoms with Crippen LogP contribution in [-0.2, 0) is 29.7 Å². The summed E-state index contributed by atoms with van der Waals surface area (Å²) in [5.41, 5.74) is 11.2. The molecule has 46 heavy (non-hydrogen) atoms. The molecule has 0 radical (unpaired) electrons. The largest absolute Gasteiger partial charge is 0.481 e. The molecule has 9 N–H and O–H groups in total. The highest BCUT2D eigenvalue weighted by Crippen LogP contribution is 2.46. The van der Waals surface area contributed by atoms with Gasteiger partial charge in [0.05, 0.1) is 6.04 Å². The lowest BCUT2D eigenvalue weighted by molar-refractivity contribution is -0.150. The smallest absolute Gasteiger partial charge is 0.353 e. The van der Waals surface area contributed by atoms with Crippen molar-refractivity contribution in [1.82, 2.24) is 25.5 Å². The number of rotatable bonds is 15. The van der Waals surface area contributed by atoms with E-state index in [-0.39, 0.29) is 39.5 Å². The number of hydrogen-bond acceptors (Lipinski definition) is 15. The molecule has 246 valence electrons. The van der Waals surface area contributed by atoms with E-state index in [4.69, 9.17) is 28.2 Å². The van der Waals surface area contributed by atoms with Crippen molar-refractivity contribution in [2.75, 3.05) is 23.8 Å². The number of carbonyl (C=O) groups excluding carboxylic acids is 3. The first kappa shape index (κ1) is 35.3. The van der Waals surface area contributed by atoms with Crippen molar-refractivity contribution in [3.63, 3.8) is 0 Å². The predicted molar refractivity (Wildman–Crippen MR) is 174 cm³/mol. The number of pyridine rings is 1. The van der Waals surface area contributed by atoms with Gasteiger partial charge in [-0.05, 0) is 18.1 Å². The third kappa shape index (κ3) is 8.23. The molecule has 0 saturated carbocycles. The molecule has 4 heterocycles. The Hall–Kier alpha value is -3.56. The van der Waals surface area contributed by atoms with Gasteiger partial charge in [0, 0.05) is 52.4 Å². The van der Waals surface area contributed by atoms with Crippen molar-refractivity contribution in [3.8, 4) is 0 Å². The molecular formula is C25H27ClN8O8S4. The van der Waals surface area contributed by atoms with E-state index >= 15 is 0 Å². The number of oxime groups is 1. The number of aromatic nitrogens is 2. The molecule has 2 aliphatic rings. The Labute approximate surface area is 282 Å². The SMILES string of the molecule is Nc1nc(/C(=N/O)C(=O)N[C@@H]2C(=O)N3C(C(=O)O)=C(Sc4ccncc4CSCCNC(=O)[C@@H](N)CCC(=O)O)CS[C@H]23)c(Cl)s1. The van der Waals surface area contributed by atoms with Gasteiger partial charge in [-0.1, -0.05) is 39.9 Å². The van der Waals surface area contributed by atoms with E-state index in [1.165, 1.54) is 35.3 Å². The predicted octanol–water partition coefficient (Wildman–Crippen LogP) is 0.982. The summed E-state index contributed by atoms with van der Waals surface area (Å²) in [4.78, 5) is 71.4. The van der Waals surface area contributed by atoms with Gasteiger partial charge in [-0.25, -0.2) is 9.78 Å². The van der Waals surface area contributed by atoms with Crippen molar-refractivity contribution in [2.45, 2.75) is 40.9 Å². The van der Waals surface area contributed by atoms with E-state index in [0.29, 0.717) is 23.0 Å². The molecule has 0 aliphatic carbocycles. The van der Waals surface area contributed by atoms with Crippen molar-refractivity contribution >= 4 is 98.7 Å². The van der Waals surface area contributed by atoms with E-state index < -0.39 is 52.8 Å². The molecule has 3 amide bonds. The Balaban J connectivity index is 1.37. The molecule has 0 aromatic carbocycles. The number of aliphatic carboxylic acids is 2. The highest BCUT2D eigenvalue weighted by Gasteiger charge is 2.54. The zero-order chi connectivity index (χ0) is 33.5. The van der Waals surface area contributed by atoms with E-state index in [2.05, 4.69) is 25.8 Å². The van der Waals surface area contributed by atoms with Gasteiger partial charge in [-0.2, -0.15) is 11.8 Å². The molecule has 2 aromatic rings. The lowest BCUT2D eigenvalue weighted by Gasteiger charge is -2.49. The van der Waals surface area contributed by atoms with Crippen molar-refractivity contribution < 1.29 is 39.4 Å².